The van der Waals surface area contributed by atoms with Crippen molar-refractivity contribution in [3.8, 4) is 0 Å². The molecule has 0 bridgehead atoms. The van der Waals surface area contributed by atoms with E-state index in [0.717, 1.165) is 0 Å². The summed E-state index contributed by atoms with van der Waals surface area (Å²) >= 11 is 0. The molecule has 1 unspecified atom stereocenters. The number of hydrogen-bond acceptors (Lipinski definition) is 1. The lowest BCUT2D eigenvalue weighted by molar-refractivity contribution is -0.208. The molecule has 55 valence electrons. The van der Waals surface area contributed by atoms with Gasteiger partial charge in [0.15, 0.2) is 6.10 Å². The Balaban J connectivity index is 3.59. The molecule has 2 nitrogen and oxygen atoms in total. The summed E-state index contributed by atoms with van der Waals surface area (Å²) in [4.78, 5) is 0. The second kappa shape index (κ2) is 3.03. The molecular weight excluding hydrogens is 137 g/mol. The van der Waals surface area contributed by atoms with Gasteiger partial charge in [-0.1, -0.05) is 0 Å². The molecule has 1 atom stereocenters. The fourth-order valence-electron chi connectivity index (χ4n) is 0.275. The first-order valence-corrected chi connectivity index (χ1v) is 2.31. The molecule has 0 heterocycles. The third kappa shape index (κ3) is 3.31. The minimum absolute atomic E-state index is 0.760. The monoisotopic (exact) mass is 143 g/mol. The maximum Gasteiger partial charge on any atom is 0.414 e. The second-order valence-corrected chi connectivity index (χ2v) is 1.55. The SMILES string of the molecule is [O]CCC(O)C(F)(F)F. The van der Waals surface area contributed by atoms with E-state index in [1.165, 1.54) is 0 Å². The van der Waals surface area contributed by atoms with E-state index >= 15 is 0 Å². The maximum absolute atomic E-state index is 11.2. The topological polar surface area (TPSA) is 40.1 Å². The highest BCUT2D eigenvalue weighted by Crippen LogP contribution is 2.21. The molecule has 0 aromatic rings. The van der Waals surface area contributed by atoms with Crippen LogP contribution in [0.3, 0.4) is 0 Å². The highest BCUT2D eigenvalue weighted by Gasteiger charge is 2.37. The van der Waals surface area contributed by atoms with Crippen LogP contribution in [0.25, 0.3) is 0 Å². The lowest BCUT2D eigenvalue weighted by Gasteiger charge is -2.11. The molecule has 0 fully saturated rings. The Labute approximate surface area is 49.9 Å². The molecule has 1 N–H and O–H groups in total. The molecule has 0 aliphatic rings. The van der Waals surface area contributed by atoms with Crippen LogP contribution in [-0.4, -0.2) is 24.0 Å². The minimum Gasteiger partial charge on any atom is -0.384 e. The summed E-state index contributed by atoms with van der Waals surface area (Å²) in [6.45, 7) is -0.902. The van der Waals surface area contributed by atoms with Gasteiger partial charge in [-0.3, -0.25) is 0 Å². The van der Waals surface area contributed by atoms with Gasteiger partial charge in [0.25, 0.3) is 0 Å². The highest BCUT2D eigenvalue weighted by atomic mass is 19.4. The van der Waals surface area contributed by atoms with E-state index in [0.29, 0.717) is 0 Å². The van der Waals surface area contributed by atoms with E-state index in [-0.39, 0.29) is 0 Å². The summed E-state index contributed by atoms with van der Waals surface area (Å²) in [7, 11) is 0. The Kier molecular flexibility index (Phi) is 2.93. The first-order valence-electron chi connectivity index (χ1n) is 2.31. The molecule has 0 saturated carbocycles. The molecule has 1 radical (unpaired) electrons. The zero-order valence-corrected chi connectivity index (χ0v) is 4.48. The van der Waals surface area contributed by atoms with Gasteiger partial charge < -0.3 is 5.11 Å². The smallest absolute Gasteiger partial charge is 0.384 e. The van der Waals surface area contributed by atoms with E-state index in [2.05, 4.69) is 0 Å². The van der Waals surface area contributed by atoms with Gasteiger partial charge in [0.05, 0.1) is 6.61 Å². The van der Waals surface area contributed by atoms with Crippen molar-refractivity contribution in [2.24, 2.45) is 0 Å². The van der Waals surface area contributed by atoms with Gasteiger partial charge in [0, 0.05) is 6.42 Å². The zero-order valence-electron chi connectivity index (χ0n) is 4.48. The normalized spacial score (nSPS) is 15.7. The maximum atomic E-state index is 11.2. The van der Waals surface area contributed by atoms with Crippen molar-refractivity contribution in [1.82, 2.24) is 0 Å². The van der Waals surface area contributed by atoms with Crippen molar-refractivity contribution < 1.29 is 23.4 Å². The summed E-state index contributed by atoms with van der Waals surface area (Å²) in [5.41, 5.74) is 0. The van der Waals surface area contributed by atoms with Gasteiger partial charge in [-0.25, -0.2) is 5.11 Å². The molecule has 5 heteroatoms. The van der Waals surface area contributed by atoms with Crippen molar-refractivity contribution >= 4 is 0 Å². The van der Waals surface area contributed by atoms with Crippen LogP contribution in [0.15, 0.2) is 0 Å². The van der Waals surface area contributed by atoms with Crippen molar-refractivity contribution in [2.75, 3.05) is 6.61 Å². The summed E-state index contributed by atoms with van der Waals surface area (Å²) in [6, 6.07) is 0. The van der Waals surface area contributed by atoms with E-state index in [1.54, 1.807) is 0 Å². The number of halogens is 3. The molecule has 0 saturated heterocycles. The first-order chi connectivity index (χ1) is 3.98. The summed E-state index contributed by atoms with van der Waals surface area (Å²) in [5.74, 6) is 0. The van der Waals surface area contributed by atoms with Crippen molar-refractivity contribution in [3.05, 3.63) is 0 Å². The first kappa shape index (κ1) is 8.71. The molecule has 0 aliphatic carbocycles. The molecule has 0 aromatic heterocycles. The number of aliphatic hydroxyl groups is 1. The lowest BCUT2D eigenvalue weighted by Crippen LogP contribution is -2.28. The summed E-state index contributed by atoms with van der Waals surface area (Å²) < 4.78 is 33.7. The fraction of sp³-hybridized carbons (Fsp3) is 1.00. The molecule has 0 aromatic carbocycles. The van der Waals surface area contributed by atoms with Crippen LogP contribution in [0.2, 0.25) is 0 Å². The number of hydrogen-bond donors (Lipinski definition) is 1. The number of rotatable bonds is 2. The Morgan fingerprint density at radius 1 is 1.44 bits per heavy atom. The van der Waals surface area contributed by atoms with Crippen LogP contribution in [-0.2, 0) is 5.11 Å². The number of aliphatic hydroxyl groups excluding tert-OH is 1. The van der Waals surface area contributed by atoms with Crippen LogP contribution in [0.4, 0.5) is 13.2 Å². The van der Waals surface area contributed by atoms with E-state index in [4.69, 9.17) is 5.11 Å². The third-order valence-electron chi connectivity index (χ3n) is 0.769. The zero-order chi connectivity index (χ0) is 7.49. The van der Waals surface area contributed by atoms with E-state index < -0.39 is 25.3 Å². The van der Waals surface area contributed by atoms with Crippen LogP contribution in [0.5, 0.6) is 0 Å². The van der Waals surface area contributed by atoms with Gasteiger partial charge in [0.1, 0.15) is 0 Å². The van der Waals surface area contributed by atoms with Crippen LogP contribution in [0.1, 0.15) is 6.42 Å². The minimum atomic E-state index is -4.63. The van der Waals surface area contributed by atoms with Gasteiger partial charge >= 0.3 is 6.18 Å². The lowest BCUT2D eigenvalue weighted by atomic mass is 10.2. The number of alkyl halides is 3. The summed E-state index contributed by atoms with van der Waals surface area (Å²) in [5, 5.41) is 17.6. The van der Waals surface area contributed by atoms with Gasteiger partial charge in [0.2, 0.25) is 0 Å². The van der Waals surface area contributed by atoms with Gasteiger partial charge in [-0.15, -0.1) is 0 Å². The molecular formula is C4H6F3O2. The van der Waals surface area contributed by atoms with Crippen LogP contribution < -0.4 is 0 Å². The van der Waals surface area contributed by atoms with Crippen molar-refractivity contribution in [2.45, 2.75) is 18.7 Å². The average molecular weight is 143 g/mol. The predicted molar refractivity (Wildman–Crippen MR) is 22.2 cm³/mol. The predicted octanol–water partition coefficient (Wildman–Crippen LogP) is 0.730. The highest BCUT2D eigenvalue weighted by molar-refractivity contribution is 4.63. The molecule has 0 spiro atoms. The summed E-state index contributed by atoms with van der Waals surface area (Å²) in [6.07, 6.45) is -7.84. The Hall–Kier alpha value is -0.290. The van der Waals surface area contributed by atoms with Crippen molar-refractivity contribution in [1.29, 1.82) is 0 Å². The van der Waals surface area contributed by atoms with Gasteiger partial charge in [-0.2, -0.15) is 13.2 Å². The molecule has 0 amide bonds. The molecule has 0 rings (SSSR count). The van der Waals surface area contributed by atoms with Crippen LogP contribution in [0, 0.1) is 0 Å². The molecule has 0 aliphatic heterocycles. The molecule has 9 heavy (non-hydrogen) atoms. The third-order valence-corrected chi connectivity index (χ3v) is 0.769. The fourth-order valence-corrected chi connectivity index (χ4v) is 0.275. The van der Waals surface area contributed by atoms with Crippen molar-refractivity contribution in [3.63, 3.8) is 0 Å². The second-order valence-electron chi connectivity index (χ2n) is 1.55. The largest absolute Gasteiger partial charge is 0.414 e. The van der Waals surface area contributed by atoms with E-state index in [9.17, 15) is 18.3 Å². The Morgan fingerprint density at radius 3 is 2.00 bits per heavy atom. The van der Waals surface area contributed by atoms with Gasteiger partial charge in [-0.05, 0) is 0 Å². The standard InChI is InChI=1S/C4H6F3O2/c5-4(6,7)3(9)1-2-8/h3,9H,1-2H2. The quantitative estimate of drug-likeness (QED) is 0.608. The Morgan fingerprint density at radius 2 is 1.89 bits per heavy atom. The Bertz CT molecular complexity index is 80.4. The van der Waals surface area contributed by atoms with E-state index in [1.807, 2.05) is 0 Å². The van der Waals surface area contributed by atoms with Crippen LogP contribution >= 0.6 is 0 Å². The average Bonchev–Trinajstić information content (AvgIpc) is 1.64.